The Labute approximate surface area is 138 Å². The number of methoxy groups -OCH3 is 2. The number of halogens is 1. The summed E-state index contributed by atoms with van der Waals surface area (Å²) >= 11 is 6.76. The molecule has 0 spiro atoms. The van der Waals surface area contributed by atoms with E-state index in [0.717, 1.165) is 40.6 Å². The molecular weight excluding hydrogens is 300 g/mol. The summed E-state index contributed by atoms with van der Waals surface area (Å²) in [5.74, 6) is 2.30. The molecule has 1 aliphatic heterocycles. The Balaban J connectivity index is 2.59. The fourth-order valence-electron chi connectivity index (χ4n) is 3.35. The number of likely N-dealkylation sites (tertiary alicyclic amines) is 1. The van der Waals surface area contributed by atoms with Crippen LogP contribution in [-0.4, -0.2) is 39.3 Å². The van der Waals surface area contributed by atoms with Gasteiger partial charge in [-0.1, -0.05) is 25.4 Å². The van der Waals surface area contributed by atoms with Gasteiger partial charge < -0.3 is 15.2 Å². The molecule has 0 bridgehead atoms. The molecule has 2 atom stereocenters. The van der Waals surface area contributed by atoms with Gasteiger partial charge in [0, 0.05) is 18.2 Å². The molecule has 0 radical (unpaired) electrons. The molecule has 1 aromatic carbocycles. The van der Waals surface area contributed by atoms with Crippen molar-refractivity contribution in [1.82, 2.24) is 4.90 Å². The summed E-state index contributed by atoms with van der Waals surface area (Å²) in [5.41, 5.74) is 7.99. The first kappa shape index (κ1) is 17.4. The van der Waals surface area contributed by atoms with Gasteiger partial charge in [-0.05, 0) is 43.5 Å². The molecule has 1 aromatic rings. The summed E-state index contributed by atoms with van der Waals surface area (Å²) in [7, 11) is 5.45. The van der Waals surface area contributed by atoms with Gasteiger partial charge in [-0.15, -0.1) is 0 Å². The van der Waals surface area contributed by atoms with Gasteiger partial charge in [-0.2, -0.15) is 0 Å². The quantitative estimate of drug-likeness (QED) is 0.900. The lowest BCUT2D eigenvalue weighted by Crippen LogP contribution is -2.21. The first-order valence-corrected chi connectivity index (χ1v) is 8.16. The van der Waals surface area contributed by atoms with Crippen LogP contribution in [-0.2, 0) is 0 Å². The topological polar surface area (TPSA) is 47.7 Å². The second-order valence-electron chi connectivity index (χ2n) is 6.38. The minimum Gasteiger partial charge on any atom is -0.493 e. The average Bonchev–Trinajstić information content (AvgIpc) is 2.87. The third kappa shape index (κ3) is 3.05. The van der Waals surface area contributed by atoms with Gasteiger partial charge in [-0.25, -0.2) is 0 Å². The van der Waals surface area contributed by atoms with Crippen molar-refractivity contribution in [2.75, 3.05) is 34.4 Å². The SMILES string of the molecule is COc1cc(C(C)C)c(Cl)c(C2CC(CN)CN2C)c1OC. The third-order valence-electron chi connectivity index (χ3n) is 4.59. The van der Waals surface area contributed by atoms with E-state index in [0.29, 0.717) is 18.4 Å². The van der Waals surface area contributed by atoms with Crippen LogP contribution in [0, 0.1) is 5.92 Å². The van der Waals surface area contributed by atoms with Crippen molar-refractivity contribution in [3.8, 4) is 11.5 Å². The van der Waals surface area contributed by atoms with Gasteiger partial charge >= 0.3 is 0 Å². The fourth-order valence-corrected chi connectivity index (χ4v) is 3.84. The third-order valence-corrected chi connectivity index (χ3v) is 5.01. The highest BCUT2D eigenvalue weighted by molar-refractivity contribution is 6.32. The van der Waals surface area contributed by atoms with E-state index in [9.17, 15) is 0 Å². The van der Waals surface area contributed by atoms with Gasteiger partial charge in [0.25, 0.3) is 0 Å². The van der Waals surface area contributed by atoms with Crippen molar-refractivity contribution < 1.29 is 9.47 Å². The van der Waals surface area contributed by atoms with Crippen molar-refractivity contribution in [2.24, 2.45) is 11.7 Å². The van der Waals surface area contributed by atoms with E-state index in [1.54, 1.807) is 14.2 Å². The summed E-state index contributed by atoms with van der Waals surface area (Å²) in [6, 6.07) is 2.20. The molecule has 1 aliphatic rings. The molecule has 1 heterocycles. The fraction of sp³-hybridized carbons (Fsp3) is 0.647. The van der Waals surface area contributed by atoms with Gasteiger partial charge in [0.2, 0.25) is 0 Å². The van der Waals surface area contributed by atoms with E-state index in [1.807, 2.05) is 6.07 Å². The highest BCUT2D eigenvalue weighted by atomic mass is 35.5. The van der Waals surface area contributed by atoms with Crippen LogP contribution in [0.3, 0.4) is 0 Å². The number of benzene rings is 1. The molecule has 22 heavy (non-hydrogen) atoms. The zero-order valence-corrected chi connectivity index (χ0v) is 14.9. The highest BCUT2D eigenvalue weighted by Gasteiger charge is 2.35. The molecule has 0 saturated carbocycles. The van der Waals surface area contributed by atoms with Crippen LogP contribution in [0.5, 0.6) is 11.5 Å². The lowest BCUT2D eigenvalue weighted by molar-refractivity contribution is 0.295. The summed E-state index contributed by atoms with van der Waals surface area (Å²) in [4.78, 5) is 2.31. The van der Waals surface area contributed by atoms with Crippen LogP contribution < -0.4 is 15.2 Å². The largest absolute Gasteiger partial charge is 0.493 e. The predicted octanol–water partition coefficient (Wildman–Crippen LogP) is 3.43. The van der Waals surface area contributed by atoms with Crippen LogP contribution in [0.15, 0.2) is 6.07 Å². The number of hydrogen-bond donors (Lipinski definition) is 1. The van der Waals surface area contributed by atoms with E-state index in [1.165, 1.54) is 0 Å². The Morgan fingerprint density at radius 3 is 2.50 bits per heavy atom. The molecule has 124 valence electrons. The van der Waals surface area contributed by atoms with Gasteiger partial charge in [0.15, 0.2) is 11.5 Å². The molecule has 0 amide bonds. The molecule has 2 rings (SSSR count). The lowest BCUT2D eigenvalue weighted by atomic mass is 9.93. The summed E-state index contributed by atoms with van der Waals surface area (Å²) in [6.45, 7) is 5.95. The van der Waals surface area contributed by atoms with Crippen molar-refractivity contribution in [2.45, 2.75) is 32.2 Å². The number of nitrogens with zero attached hydrogens (tertiary/aromatic N) is 1. The minimum atomic E-state index is 0.212. The van der Waals surface area contributed by atoms with E-state index in [2.05, 4.69) is 25.8 Å². The van der Waals surface area contributed by atoms with Crippen molar-refractivity contribution in [3.63, 3.8) is 0 Å². The monoisotopic (exact) mass is 326 g/mol. The van der Waals surface area contributed by atoms with Crippen LogP contribution in [0.2, 0.25) is 5.02 Å². The van der Waals surface area contributed by atoms with Gasteiger partial charge in [0.1, 0.15) is 0 Å². The molecule has 0 aliphatic carbocycles. The lowest BCUT2D eigenvalue weighted by Gasteiger charge is -2.26. The van der Waals surface area contributed by atoms with Crippen LogP contribution >= 0.6 is 11.6 Å². The Bertz CT molecular complexity index is 534. The summed E-state index contributed by atoms with van der Waals surface area (Å²) in [5, 5.41) is 0.794. The smallest absolute Gasteiger partial charge is 0.167 e. The number of nitrogens with two attached hydrogens (primary N) is 1. The molecule has 4 nitrogen and oxygen atoms in total. The standard InChI is InChI=1S/C17H27ClN2O2/c1-10(2)12-7-14(21-4)17(22-5)15(16(12)18)13-6-11(8-19)9-20(13)3/h7,10-11,13H,6,8-9,19H2,1-5H3. The molecule has 1 saturated heterocycles. The molecule has 5 heteroatoms. The number of hydrogen-bond acceptors (Lipinski definition) is 4. The zero-order chi connectivity index (χ0) is 16.4. The summed E-state index contributed by atoms with van der Waals surface area (Å²) < 4.78 is 11.2. The second kappa shape index (κ2) is 7.07. The van der Waals surface area contributed by atoms with Crippen LogP contribution in [0.4, 0.5) is 0 Å². The van der Waals surface area contributed by atoms with E-state index in [4.69, 9.17) is 26.8 Å². The van der Waals surface area contributed by atoms with Gasteiger partial charge in [0.05, 0.1) is 19.2 Å². The molecule has 2 N–H and O–H groups in total. The van der Waals surface area contributed by atoms with Crippen molar-refractivity contribution in [1.29, 1.82) is 0 Å². The molecular formula is C17H27ClN2O2. The highest BCUT2D eigenvalue weighted by Crippen LogP contribution is 2.48. The molecule has 2 unspecified atom stereocenters. The maximum atomic E-state index is 6.76. The summed E-state index contributed by atoms with van der Waals surface area (Å²) in [6.07, 6.45) is 0.994. The van der Waals surface area contributed by atoms with Crippen molar-refractivity contribution in [3.05, 3.63) is 22.2 Å². The Hall–Kier alpha value is -0.970. The maximum Gasteiger partial charge on any atom is 0.167 e. The Morgan fingerprint density at radius 1 is 1.36 bits per heavy atom. The first-order chi connectivity index (χ1) is 10.4. The first-order valence-electron chi connectivity index (χ1n) is 7.79. The zero-order valence-electron chi connectivity index (χ0n) is 14.1. The Kier molecular flexibility index (Phi) is 5.59. The maximum absolute atomic E-state index is 6.76. The van der Waals surface area contributed by atoms with Gasteiger partial charge in [-0.3, -0.25) is 4.90 Å². The van der Waals surface area contributed by atoms with Crippen LogP contribution in [0.1, 0.15) is 43.4 Å². The molecule has 0 aromatic heterocycles. The second-order valence-corrected chi connectivity index (χ2v) is 6.75. The normalized spacial score (nSPS) is 22.4. The van der Waals surface area contributed by atoms with Crippen LogP contribution in [0.25, 0.3) is 0 Å². The molecule has 1 fully saturated rings. The number of ether oxygens (including phenoxy) is 2. The predicted molar refractivity (Wildman–Crippen MR) is 91.2 cm³/mol. The van der Waals surface area contributed by atoms with E-state index < -0.39 is 0 Å². The van der Waals surface area contributed by atoms with E-state index >= 15 is 0 Å². The average molecular weight is 327 g/mol. The minimum absolute atomic E-state index is 0.212. The Morgan fingerprint density at radius 2 is 2.05 bits per heavy atom. The van der Waals surface area contributed by atoms with Crippen molar-refractivity contribution >= 4 is 11.6 Å². The number of rotatable bonds is 5. The van der Waals surface area contributed by atoms with E-state index in [-0.39, 0.29) is 6.04 Å².